The van der Waals surface area contributed by atoms with Gasteiger partial charge in [0.2, 0.25) is 6.29 Å². The third kappa shape index (κ3) is 5.73. The van der Waals surface area contributed by atoms with Crippen molar-refractivity contribution in [2.24, 2.45) is 9.98 Å². The smallest absolute Gasteiger partial charge is 0.316 e. The van der Waals surface area contributed by atoms with Crippen LogP contribution in [0.3, 0.4) is 0 Å². The Morgan fingerprint density at radius 3 is 2.10 bits per heavy atom. The molecule has 174 valence electrons. The summed E-state index contributed by atoms with van der Waals surface area (Å²) < 4.78 is 25.5. The standard InChI is InChI=1S/C21H43N3O4Si2/c1-20(2,3)29(9,10)25-13-15-17(28-30(11,12)21(4,5)6)16-18(26-15)27-19(23-16)22-14-24(7)8/h14-18H,13H2,1-12H3/b22-14-/t15-,16+,17-,18+/m1/s1. The highest BCUT2D eigenvalue weighted by Gasteiger charge is 2.54. The second-order valence-corrected chi connectivity index (χ2v) is 21.3. The second kappa shape index (κ2) is 8.65. The molecule has 30 heavy (non-hydrogen) atoms. The van der Waals surface area contributed by atoms with Gasteiger partial charge < -0.3 is 23.2 Å². The number of nitrogens with zero attached hydrogens (tertiary/aromatic N) is 3. The number of amidine groups is 1. The average Bonchev–Trinajstić information content (AvgIpc) is 3.07. The highest BCUT2D eigenvalue weighted by Crippen LogP contribution is 2.42. The van der Waals surface area contributed by atoms with Crippen molar-refractivity contribution >= 4 is 29.0 Å². The van der Waals surface area contributed by atoms with E-state index in [-0.39, 0.29) is 28.3 Å². The molecular weight excluding hydrogens is 414 g/mol. The van der Waals surface area contributed by atoms with Gasteiger partial charge in [0.05, 0.1) is 12.9 Å². The van der Waals surface area contributed by atoms with Crippen LogP contribution < -0.4 is 0 Å². The minimum atomic E-state index is -2.04. The predicted octanol–water partition coefficient (Wildman–Crippen LogP) is 4.47. The largest absolute Gasteiger partial charge is 0.431 e. The minimum Gasteiger partial charge on any atom is -0.431 e. The van der Waals surface area contributed by atoms with E-state index in [9.17, 15) is 0 Å². The molecule has 0 bridgehead atoms. The Balaban J connectivity index is 2.23. The number of rotatable bonds is 6. The van der Waals surface area contributed by atoms with Crippen LogP contribution in [0.15, 0.2) is 9.98 Å². The Morgan fingerprint density at radius 2 is 1.60 bits per heavy atom. The van der Waals surface area contributed by atoms with E-state index in [1.807, 2.05) is 19.0 Å². The molecule has 0 saturated carbocycles. The molecule has 0 radical (unpaired) electrons. The highest BCUT2D eigenvalue weighted by molar-refractivity contribution is 6.74. The number of ether oxygens (including phenoxy) is 2. The molecule has 1 saturated heterocycles. The molecule has 2 rings (SSSR count). The Kier molecular flexibility index (Phi) is 7.36. The number of aliphatic imine (C=N–C) groups is 2. The zero-order valence-corrected chi connectivity index (χ0v) is 23.1. The first-order valence-corrected chi connectivity index (χ1v) is 16.7. The van der Waals surface area contributed by atoms with E-state index in [0.29, 0.717) is 12.6 Å². The molecule has 0 N–H and O–H groups in total. The van der Waals surface area contributed by atoms with Crippen LogP contribution in [0.1, 0.15) is 41.5 Å². The monoisotopic (exact) mass is 457 g/mol. The maximum atomic E-state index is 6.81. The van der Waals surface area contributed by atoms with E-state index in [0.717, 1.165) is 0 Å². The molecule has 2 aliphatic rings. The lowest BCUT2D eigenvalue weighted by Crippen LogP contribution is -2.50. The maximum Gasteiger partial charge on any atom is 0.316 e. The fourth-order valence-electron chi connectivity index (χ4n) is 2.73. The number of fused-ring (bicyclic) bond motifs is 1. The lowest BCUT2D eigenvalue weighted by Gasteiger charge is -2.41. The fourth-order valence-corrected chi connectivity index (χ4v) is 5.07. The maximum absolute atomic E-state index is 6.81. The van der Waals surface area contributed by atoms with E-state index < -0.39 is 22.9 Å². The number of hydrogen-bond donors (Lipinski definition) is 0. The van der Waals surface area contributed by atoms with Crippen LogP contribution in [-0.2, 0) is 18.3 Å². The zero-order chi connectivity index (χ0) is 23.1. The van der Waals surface area contributed by atoms with Crippen LogP contribution in [0.25, 0.3) is 0 Å². The van der Waals surface area contributed by atoms with E-state index >= 15 is 0 Å². The minimum absolute atomic E-state index is 0.0883. The summed E-state index contributed by atoms with van der Waals surface area (Å²) in [6.07, 6.45) is 0.808. The predicted molar refractivity (Wildman–Crippen MR) is 128 cm³/mol. The summed E-state index contributed by atoms with van der Waals surface area (Å²) in [5.74, 6) is 0. The van der Waals surface area contributed by atoms with Crippen molar-refractivity contribution < 1.29 is 18.3 Å². The molecule has 4 atom stereocenters. The lowest BCUT2D eigenvalue weighted by molar-refractivity contribution is -0.0936. The molecule has 0 aliphatic carbocycles. The van der Waals surface area contributed by atoms with Gasteiger partial charge >= 0.3 is 6.02 Å². The van der Waals surface area contributed by atoms with Gasteiger partial charge in [-0.1, -0.05) is 41.5 Å². The van der Waals surface area contributed by atoms with E-state index in [1.54, 1.807) is 6.34 Å². The first-order chi connectivity index (χ1) is 13.4. The summed E-state index contributed by atoms with van der Waals surface area (Å²) in [4.78, 5) is 10.9. The molecule has 2 aliphatic heterocycles. The number of hydrogen-bond acceptors (Lipinski definition) is 6. The van der Waals surface area contributed by atoms with Gasteiger partial charge in [0.15, 0.2) is 16.6 Å². The van der Waals surface area contributed by atoms with Gasteiger partial charge in [0.25, 0.3) is 0 Å². The third-order valence-corrected chi connectivity index (χ3v) is 15.8. The van der Waals surface area contributed by atoms with Crippen molar-refractivity contribution in [3.05, 3.63) is 0 Å². The van der Waals surface area contributed by atoms with Crippen LogP contribution in [0.5, 0.6) is 0 Å². The summed E-state index contributed by atoms with van der Waals surface area (Å²) in [6.45, 7) is 23.0. The molecule has 9 heteroatoms. The SMILES string of the molecule is CN(C)/C=N\C1=N[C@@H]2[C@H](O1)O[C@H](CO[Si](C)(C)C(C)(C)C)[C@H]2O[Si](C)(C)C(C)(C)C. The van der Waals surface area contributed by atoms with Crippen molar-refractivity contribution in [2.45, 2.75) is 102 Å². The molecule has 1 fully saturated rings. The van der Waals surface area contributed by atoms with Gasteiger partial charge in [-0.25, -0.2) is 4.99 Å². The van der Waals surface area contributed by atoms with Crippen LogP contribution in [0.2, 0.25) is 36.3 Å². The van der Waals surface area contributed by atoms with Crippen molar-refractivity contribution in [3.63, 3.8) is 0 Å². The summed E-state index contributed by atoms with van der Waals surface area (Å²) in [5, 5.41) is 0.227. The van der Waals surface area contributed by atoms with E-state index in [1.165, 1.54) is 0 Å². The van der Waals surface area contributed by atoms with E-state index in [4.69, 9.17) is 23.3 Å². The van der Waals surface area contributed by atoms with Crippen molar-refractivity contribution in [3.8, 4) is 0 Å². The van der Waals surface area contributed by atoms with Crippen molar-refractivity contribution in [1.29, 1.82) is 0 Å². The third-order valence-electron chi connectivity index (χ3n) is 6.82. The van der Waals surface area contributed by atoms with Crippen LogP contribution in [-0.4, -0.2) is 79.1 Å². The molecule has 7 nitrogen and oxygen atoms in total. The molecule has 0 unspecified atom stereocenters. The van der Waals surface area contributed by atoms with Gasteiger partial charge in [0.1, 0.15) is 18.2 Å². The van der Waals surface area contributed by atoms with Gasteiger partial charge in [-0.2, -0.15) is 4.99 Å². The van der Waals surface area contributed by atoms with Gasteiger partial charge in [0, 0.05) is 14.1 Å². The Bertz CT molecular complexity index is 666. The van der Waals surface area contributed by atoms with Crippen molar-refractivity contribution in [1.82, 2.24) is 4.90 Å². The second-order valence-electron chi connectivity index (χ2n) is 11.7. The average molecular weight is 458 g/mol. The van der Waals surface area contributed by atoms with Crippen LogP contribution in [0, 0.1) is 0 Å². The first kappa shape index (κ1) is 25.5. The fraction of sp³-hybridized carbons (Fsp3) is 0.905. The quantitative estimate of drug-likeness (QED) is 0.334. The molecule has 0 amide bonds. The van der Waals surface area contributed by atoms with Gasteiger partial charge in [-0.3, -0.25) is 0 Å². The summed E-state index contributed by atoms with van der Waals surface area (Å²) in [6, 6.07) is 0.132. The van der Waals surface area contributed by atoms with E-state index in [2.05, 4.69) is 72.7 Å². The Labute approximate surface area is 185 Å². The Hall–Kier alpha value is -0.746. The van der Waals surface area contributed by atoms with Gasteiger partial charge in [-0.05, 0) is 36.3 Å². The van der Waals surface area contributed by atoms with Crippen LogP contribution in [0.4, 0.5) is 0 Å². The molecule has 0 spiro atoms. The molecule has 2 heterocycles. The van der Waals surface area contributed by atoms with Crippen LogP contribution >= 0.6 is 0 Å². The zero-order valence-electron chi connectivity index (χ0n) is 21.1. The van der Waals surface area contributed by atoms with Crippen molar-refractivity contribution in [2.75, 3.05) is 20.7 Å². The topological polar surface area (TPSA) is 64.9 Å². The first-order valence-electron chi connectivity index (χ1n) is 10.9. The molecule has 0 aromatic rings. The molecule has 0 aromatic heterocycles. The molecule has 0 aromatic carbocycles. The lowest BCUT2D eigenvalue weighted by atomic mass is 10.1. The normalized spacial score (nSPS) is 27.9. The highest BCUT2D eigenvalue weighted by atomic mass is 28.4. The Morgan fingerprint density at radius 1 is 1.03 bits per heavy atom. The van der Waals surface area contributed by atoms with Gasteiger partial charge in [-0.15, -0.1) is 0 Å². The summed E-state index contributed by atoms with van der Waals surface area (Å²) in [5.41, 5.74) is 0. The summed E-state index contributed by atoms with van der Waals surface area (Å²) >= 11 is 0. The molecular formula is C21H43N3O4Si2. The summed E-state index contributed by atoms with van der Waals surface area (Å²) in [7, 11) is -0.118.